The van der Waals surface area contributed by atoms with Crippen molar-refractivity contribution in [1.82, 2.24) is 9.78 Å². The van der Waals surface area contributed by atoms with Gasteiger partial charge in [-0.3, -0.25) is 4.99 Å². The van der Waals surface area contributed by atoms with Crippen LogP contribution in [0, 0.1) is 0 Å². The minimum Gasteiger partial charge on any atom is -0.467 e. The van der Waals surface area contributed by atoms with Crippen molar-refractivity contribution in [1.29, 1.82) is 0 Å². The van der Waals surface area contributed by atoms with E-state index in [4.69, 9.17) is 9.84 Å². The molecule has 8 heteroatoms. The van der Waals surface area contributed by atoms with E-state index in [0.717, 1.165) is 0 Å². The number of benzene rings is 4. The maximum absolute atomic E-state index is 15.3. The van der Waals surface area contributed by atoms with Crippen molar-refractivity contribution in [2.75, 3.05) is 7.11 Å². The zero-order valence-electron chi connectivity index (χ0n) is 22.1. The number of nitrogens with zero attached hydrogens (tertiary/aromatic N) is 3. The van der Waals surface area contributed by atoms with E-state index < -0.39 is 20.6 Å². The molecule has 0 fully saturated rings. The number of hydrogen-bond donors (Lipinski definition) is 0. The fourth-order valence-corrected chi connectivity index (χ4v) is 7.29. The van der Waals surface area contributed by atoms with Crippen LogP contribution in [0.2, 0.25) is 0 Å². The van der Waals surface area contributed by atoms with Gasteiger partial charge in [-0.1, -0.05) is 109 Å². The molecule has 1 atom stereocenters. The molecule has 2 heterocycles. The Morgan fingerprint density at radius 2 is 1.24 bits per heavy atom. The molecule has 7 nitrogen and oxygen atoms in total. The highest BCUT2D eigenvalue weighted by Gasteiger charge is 2.58. The Bertz CT molecular complexity index is 1880. The Balaban J connectivity index is 1.75. The number of methoxy groups -OCH3 is 1. The molecule has 0 bridgehead atoms. The second-order valence-corrected chi connectivity index (χ2v) is 11.5. The third-order valence-electron chi connectivity index (χ3n) is 7.06. The highest BCUT2D eigenvalue weighted by atomic mass is 32.2. The lowest BCUT2D eigenvalue weighted by molar-refractivity contribution is -0.140. The third-order valence-corrected chi connectivity index (χ3v) is 9.33. The zero-order valence-corrected chi connectivity index (χ0v) is 22.9. The SMILES string of the molecule is COC(=O)C1(S(=O)(=O)c2c(-c3ccccc3)nn(-c3ccccc3)c2-c2ccccc2)C=NC=C1c1ccccc1. The van der Waals surface area contributed by atoms with Crippen molar-refractivity contribution < 1.29 is 17.9 Å². The van der Waals surface area contributed by atoms with Gasteiger partial charge in [0, 0.05) is 29.1 Å². The van der Waals surface area contributed by atoms with Crippen molar-refractivity contribution >= 4 is 27.6 Å². The van der Waals surface area contributed by atoms with Crippen LogP contribution in [0.5, 0.6) is 0 Å². The molecule has 1 aromatic heterocycles. The quantitative estimate of drug-likeness (QED) is 0.228. The van der Waals surface area contributed by atoms with Gasteiger partial charge in [-0.25, -0.2) is 17.9 Å². The van der Waals surface area contributed by atoms with E-state index in [1.807, 2.05) is 84.9 Å². The van der Waals surface area contributed by atoms with Crippen molar-refractivity contribution in [3.05, 3.63) is 133 Å². The van der Waals surface area contributed by atoms with Crippen LogP contribution in [0.15, 0.2) is 137 Å². The second kappa shape index (κ2) is 10.5. The highest BCUT2D eigenvalue weighted by Crippen LogP contribution is 2.47. The van der Waals surface area contributed by atoms with Gasteiger partial charge < -0.3 is 4.74 Å². The van der Waals surface area contributed by atoms with Gasteiger partial charge >= 0.3 is 5.97 Å². The number of aromatic nitrogens is 2. The summed E-state index contributed by atoms with van der Waals surface area (Å²) in [6.07, 6.45) is 2.58. The van der Waals surface area contributed by atoms with Gasteiger partial charge in [-0.2, -0.15) is 5.10 Å². The fourth-order valence-electron chi connectivity index (χ4n) is 5.14. The summed E-state index contributed by atoms with van der Waals surface area (Å²) < 4.78 is 35.1. The molecule has 0 saturated carbocycles. The number of esters is 1. The predicted octanol–water partition coefficient (Wildman–Crippen LogP) is 6.02. The second-order valence-electron chi connectivity index (χ2n) is 9.42. The predicted molar refractivity (Wildman–Crippen MR) is 159 cm³/mol. The van der Waals surface area contributed by atoms with Gasteiger partial charge in [-0.15, -0.1) is 0 Å². The molecule has 0 spiro atoms. The van der Waals surface area contributed by atoms with Gasteiger partial charge in [0.15, 0.2) is 0 Å². The first kappa shape index (κ1) is 26.2. The first-order valence-electron chi connectivity index (χ1n) is 12.9. The van der Waals surface area contributed by atoms with Crippen LogP contribution in [-0.2, 0) is 19.4 Å². The molecule has 0 radical (unpaired) electrons. The number of para-hydroxylation sites is 1. The number of hydrogen-bond acceptors (Lipinski definition) is 6. The van der Waals surface area contributed by atoms with E-state index in [0.29, 0.717) is 28.1 Å². The molecule has 0 N–H and O–H groups in total. The Hall–Kier alpha value is -5.08. The van der Waals surface area contributed by atoms with Crippen LogP contribution in [0.3, 0.4) is 0 Å². The third kappa shape index (κ3) is 4.20. The maximum atomic E-state index is 15.3. The van der Waals surface area contributed by atoms with Gasteiger partial charge in [0.1, 0.15) is 10.6 Å². The minimum atomic E-state index is -4.63. The first-order chi connectivity index (χ1) is 20.0. The number of aliphatic imine (C=N–C) groups is 1. The average Bonchev–Trinajstić information content (AvgIpc) is 3.67. The summed E-state index contributed by atoms with van der Waals surface area (Å²) in [6, 6.07) is 36.4. The smallest absolute Gasteiger partial charge is 0.337 e. The van der Waals surface area contributed by atoms with Crippen molar-refractivity contribution in [2.45, 2.75) is 9.64 Å². The molecule has 6 rings (SSSR count). The molecule has 41 heavy (non-hydrogen) atoms. The van der Waals surface area contributed by atoms with E-state index >= 15 is 8.42 Å². The summed E-state index contributed by atoms with van der Waals surface area (Å²) in [7, 11) is -3.45. The molecule has 0 saturated heterocycles. The van der Waals surface area contributed by atoms with Crippen LogP contribution in [0.25, 0.3) is 33.8 Å². The maximum Gasteiger partial charge on any atom is 0.337 e. The minimum absolute atomic E-state index is 0.0978. The van der Waals surface area contributed by atoms with E-state index in [1.54, 1.807) is 41.1 Å². The first-order valence-corrected chi connectivity index (χ1v) is 14.4. The molecule has 0 amide bonds. The van der Waals surface area contributed by atoms with E-state index in [-0.39, 0.29) is 16.2 Å². The van der Waals surface area contributed by atoms with Gasteiger partial charge in [-0.05, 0) is 17.7 Å². The van der Waals surface area contributed by atoms with Crippen LogP contribution < -0.4 is 0 Å². The molecule has 0 aliphatic carbocycles. The molecule has 202 valence electrons. The summed E-state index contributed by atoms with van der Waals surface area (Å²) in [5.41, 5.74) is 3.14. The molecular formula is C33H25N3O4S. The van der Waals surface area contributed by atoms with Gasteiger partial charge in [0.25, 0.3) is 0 Å². The normalized spacial score (nSPS) is 16.4. The Kier molecular flexibility index (Phi) is 6.69. The lowest BCUT2D eigenvalue weighted by atomic mass is 9.94. The molecular weight excluding hydrogens is 534 g/mol. The average molecular weight is 560 g/mol. The fraction of sp³-hybridized carbons (Fsp3) is 0.0606. The van der Waals surface area contributed by atoms with Crippen LogP contribution in [-0.4, -0.2) is 42.2 Å². The Morgan fingerprint density at radius 1 is 0.732 bits per heavy atom. The van der Waals surface area contributed by atoms with Crippen molar-refractivity contribution in [3.63, 3.8) is 0 Å². The van der Waals surface area contributed by atoms with Crippen molar-refractivity contribution in [2.24, 2.45) is 4.99 Å². The van der Waals surface area contributed by atoms with E-state index in [1.165, 1.54) is 19.5 Å². The van der Waals surface area contributed by atoms with Crippen molar-refractivity contribution in [3.8, 4) is 28.2 Å². The lowest BCUT2D eigenvalue weighted by Gasteiger charge is -2.27. The van der Waals surface area contributed by atoms with Crippen LogP contribution in [0.1, 0.15) is 5.56 Å². The largest absolute Gasteiger partial charge is 0.467 e. The summed E-state index contributed by atoms with van der Waals surface area (Å²) in [6.45, 7) is 0. The molecule has 1 aliphatic rings. The Labute approximate surface area is 238 Å². The summed E-state index contributed by atoms with van der Waals surface area (Å²) in [5, 5.41) is 4.90. The highest BCUT2D eigenvalue weighted by molar-refractivity contribution is 7.95. The van der Waals surface area contributed by atoms with Crippen LogP contribution >= 0.6 is 0 Å². The zero-order chi connectivity index (χ0) is 28.5. The monoisotopic (exact) mass is 559 g/mol. The molecule has 1 aliphatic heterocycles. The number of rotatable bonds is 7. The van der Waals surface area contributed by atoms with Crippen LogP contribution in [0.4, 0.5) is 0 Å². The Morgan fingerprint density at radius 3 is 1.80 bits per heavy atom. The topological polar surface area (TPSA) is 90.6 Å². The summed E-state index contributed by atoms with van der Waals surface area (Å²) in [4.78, 5) is 17.9. The number of sulfone groups is 1. The molecule has 1 unspecified atom stereocenters. The number of carbonyl (C=O) groups excluding carboxylic acids is 1. The van der Waals surface area contributed by atoms with E-state index in [9.17, 15) is 4.79 Å². The molecule has 4 aromatic carbocycles. The number of ether oxygens (including phenoxy) is 1. The standard InChI is InChI=1S/C33H25N3O4S/c1-40-32(37)33(23-34-22-28(33)24-14-6-2-7-15-24)41(38,39)31-29(25-16-8-3-9-17-25)35-36(27-20-12-5-13-21-27)30(31)26-18-10-4-11-19-26/h2-23H,1H3. The van der Waals surface area contributed by atoms with Gasteiger partial charge in [0.05, 0.1) is 18.5 Å². The number of carbonyl (C=O) groups is 1. The molecule has 5 aromatic rings. The lowest BCUT2D eigenvalue weighted by Crippen LogP contribution is -2.48. The van der Waals surface area contributed by atoms with Gasteiger partial charge in [0.2, 0.25) is 14.6 Å². The summed E-state index contributed by atoms with van der Waals surface area (Å²) in [5.74, 6) is -0.959. The summed E-state index contributed by atoms with van der Waals surface area (Å²) >= 11 is 0. The van der Waals surface area contributed by atoms with E-state index in [2.05, 4.69) is 4.99 Å².